The van der Waals surface area contributed by atoms with E-state index >= 15 is 0 Å². The molecule has 0 saturated heterocycles. The highest BCUT2D eigenvalue weighted by molar-refractivity contribution is 5.93. The van der Waals surface area contributed by atoms with E-state index in [-0.39, 0.29) is 23.9 Å². The van der Waals surface area contributed by atoms with Gasteiger partial charge in [0.2, 0.25) is 0 Å². The van der Waals surface area contributed by atoms with Gasteiger partial charge >= 0.3 is 5.97 Å². The second kappa shape index (κ2) is 8.52. The number of anilines is 1. The molecule has 0 fully saturated rings. The summed E-state index contributed by atoms with van der Waals surface area (Å²) < 4.78 is 6.40. The summed E-state index contributed by atoms with van der Waals surface area (Å²) in [5.74, 6) is -0.576. The lowest BCUT2D eigenvalue weighted by Crippen LogP contribution is -2.27. The quantitative estimate of drug-likeness (QED) is 0.660. The average molecular weight is 377 g/mol. The van der Waals surface area contributed by atoms with E-state index in [1.54, 1.807) is 13.0 Å². The van der Waals surface area contributed by atoms with Gasteiger partial charge in [-0.2, -0.15) is 9.78 Å². The fourth-order valence-electron chi connectivity index (χ4n) is 2.95. The Hall–Kier alpha value is -3.41. The second-order valence-corrected chi connectivity index (χ2v) is 6.44. The number of aryl methyl sites for hydroxylation is 1. The number of rotatable bonds is 6. The van der Waals surface area contributed by atoms with Crippen molar-refractivity contribution in [3.05, 3.63) is 87.8 Å². The lowest BCUT2D eigenvalue weighted by Gasteiger charge is -2.18. The van der Waals surface area contributed by atoms with Gasteiger partial charge < -0.3 is 10.1 Å². The van der Waals surface area contributed by atoms with E-state index in [1.165, 1.54) is 10.7 Å². The van der Waals surface area contributed by atoms with Crippen LogP contribution in [0.4, 0.5) is 5.69 Å². The molecular formula is C22H23N3O3. The Labute approximate surface area is 163 Å². The fourth-order valence-corrected chi connectivity index (χ4v) is 2.95. The monoisotopic (exact) mass is 377 g/mol. The van der Waals surface area contributed by atoms with Gasteiger partial charge in [-0.25, -0.2) is 4.79 Å². The highest BCUT2D eigenvalue weighted by Gasteiger charge is 2.20. The predicted octanol–water partition coefficient (Wildman–Crippen LogP) is 3.89. The molecule has 2 aromatic carbocycles. The molecule has 0 amide bonds. The first-order chi connectivity index (χ1) is 13.5. The number of para-hydroxylation sites is 1. The van der Waals surface area contributed by atoms with Gasteiger partial charge in [0.1, 0.15) is 0 Å². The van der Waals surface area contributed by atoms with Crippen LogP contribution in [0.15, 0.2) is 65.5 Å². The zero-order chi connectivity index (χ0) is 20.1. The lowest BCUT2D eigenvalue weighted by atomic mass is 10.1. The van der Waals surface area contributed by atoms with Crippen LogP contribution in [-0.2, 0) is 4.74 Å². The van der Waals surface area contributed by atoms with Crippen LogP contribution in [0.5, 0.6) is 0 Å². The van der Waals surface area contributed by atoms with Crippen molar-refractivity contribution in [3.8, 4) is 5.69 Å². The van der Waals surface area contributed by atoms with Gasteiger partial charge in [-0.05, 0) is 38.0 Å². The fraction of sp³-hybridized carbons (Fsp3) is 0.227. The molecule has 1 atom stereocenters. The molecule has 0 saturated carbocycles. The Morgan fingerprint density at radius 2 is 1.82 bits per heavy atom. The van der Waals surface area contributed by atoms with Crippen molar-refractivity contribution in [1.29, 1.82) is 0 Å². The minimum atomic E-state index is -0.576. The molecule has 0 aliphatic rings. The van der Waals surface area contributed by atoms with Crippen LogP contribution in [0, 0.1) is 6.92 Å². The van der Waals surface area contributed by atoms with Crippen LogP contribution < -0.4 is 10.9 Å². The highest BCUT2D eigenvalue weighted by Crippen LogP contribution is 2.21. The average Bonchev–Trinajstić information content (AvgIpc) is 2.69. The van der Waals surface area contributed by atoms with Gasteiger partial charge in [-0.1, -0.05) is 48.5 Å². The summed E-state index contributed by atoms with van der Waals surface area (Å²) in [5.41, 5.74) is 2.63. The molecule has 1 unspecified atom stereocenters. The molecule has 0 radical (unpaired) electrons. The van der Waals surface area contributed by atoms with Crippen molar-refractivity contribution in [1.82, 2.24) is 9.78 Å². The zero-order valence-corrected chi connectivity index (χ0v) is 16.2. The standard InChI is InChI=1S/C22H23N3O3/c1-4-28-22(27)21-18(23-16(3)17-11-6-5-7-12-17)14-20(26)25(24-21)19-13-9-8-10-15(19)2/h5-14,16,23H,4H2,1-3H3. The summed E-state index contributed by atoms with van der Waals surface area (Å²) >= 11 is 0. The van der Waals surface area contributed by atoms with Crippen molar-refractivity contribution < 1.29 is 9.53 Å². The summed E-state index contributed by atoms with van der Waals surface area (Å²) in [6, 6.07) is 18.4. The van der Waals surface area contributed by atoms with Crippen molar-refractivity contribution in [3.63, 3.8) is 0 Å². The van der Waals surface area contributed by atoms with Gasteiger partial charge in [0.25, 0.3) is 5.56 Å². The number of benzene rings is 2. The summed E-state index contributed by atoms with van der Waals surface area (Å²) in [6.07, 6.45) is 0. The Kier molecular flexibility index (Phi) is 5.89. The first-order valence-electron chi connectivity index (χ1n) is 9.20. The smallest absolute Gasteiger partial charge is 0.360 e. The van der Waals surface area contributed by atoms with Crippen LogP contribution in [0.1, 0.15) is 41.5 Å². The molecule has 0 spiro atoms. The number of carbonyl (C=O) groups excluding carboxylic acids is 1. The number of hydrogen-bond donors (Lipinski definition) is 1. The number of hydrogen-bond acceptors (Lipinski definition) is 5. The van der Waals surface area contributed by atoms with Crippen molar-refractivity contribution >= 4 is 11.7 Å². The first-order valence-corrected chi connectivity index (χ1v) is 9.20. The third-order valence-electron chi connectivity index (χ3n) is 4.42. The Morgan fingerprint density at radius 1 is 1.14 bits per heavy atom. The van der Waals surface area contributed by atoms with Crippen LogP contribution in [0.3, 0.4) is 0 Å². The van der Waals surface area contributed by atoms with E-state index in [4.69, 9.17) is 4.74 Å². The van der Waals surface area contributed by atoms with Crippen LogP contribution in [0.2, 0.25) is 0 Å². The molecule has 144 valence electrons. The Bertz CT molecular complexity index is 1030. The van der Waals surface area contributed by atoms with E-state index in [9.17, 15) is 9.59 Å². The largest absolute Gasteiger partial charge is 0.461 e. The molecule has 0 bridgehead atoms. The molecular weight excluding hydrogens is 354 g/mol. The summed E-state index contributed by atoms with van der Waals surface area (Å²) in [7, 11) is 0. The Balaban J connectivity index is 2.07. The maximum atomic E-state index is 12.8. The molecule has 0 aliphatic carbocycles. The van der Waals surface area contributed by atoms with Gasteiger partial charge in [-0.15, -0.1) is 0 Å². The van der Waals surface area contributed by atoms with Crippen molar-refractivity contribution in [2.45, 2.75) is 26.8 Å². The topological polar surface area (TPSA) is 73.2 Å². The maximum absolute atomic E-state index is 12.8. The normalized spacial score (nSPS) is 11.7. The van der Waals surface area contributed by atoms with Crippen molar-refractivity contribution in [2.24, 2.45) is 0 Å². The van der Waals surface area contributed by atoms with Gasteiger partial charge in [0.15, 0.2) is 5.69 Å². The van der Waals surface area contributed by atoms with E-state index in [2.05, 4.69) is 10.4 Å². The third-order valence-corrected chi connectivity index (χ3v) is 4.42. The van der Waals surface area contributed by atoms with E-state index in [0.29, 0.717) is 11.4 Å². The van der Waals surface area contributed by atoms with Crippen LogP contribution in [-0.4, -0.2) is 22.4 Å². The van der Waals surface area contributed by atoms with Crippen LogP contribution in [0.25, 0.3) is 5.69 Å². The molecule has 28 heavy (non-hydrogen) atoms. The van der Waals surface area contributed by atoms with E-state index < -0.39 is 5.97 Å². The van der Waals surface area contributed by atoms with Gasteiger partial charge in [0, 0.05) is 12.1 Å². The number of esters is 1. The van der Waals surface area contributed by atoms with E-state index in [0.717, 1.165) is 11.1 Å². The molecule has 3 rings (SSSR count). The van der Waals surface area contributed by atoms with E-state index in [1.807, 2.05) is 62.4 Å². The number of ether oxygens (including phenoxy) is 1. The molecule has 0 aliphatic heterocycles. The molecule has 1 aromatic heterocycles. The minimum absolute atomic E-state index is 0.0764. The van der Waals surface area contributed by atoms with Gasteiger partial charge in [-0.3, -0.25) is 4.79 Å². The lowest BCUT2D eigenvalue weighted by molar-refractivity contribution is 0.0518. The molecule has 6 heteroatoms. The van der Waals surface area contributed by atoms with Crippen LogP contribution >= 0.6 is 0 Å². The van der Waals surface area contributed by atoms with Gasteiger partial charge in [0.05, 0.1) is 18.0 Å². The third kappa shape index (κ3) is 4.11. The predicted molar refractivity (Wildman–Crippen MR) is 109 cm³/mol. The summed E-state index contributed by atoms with van der Waals surface area (Å²) in [4.78, 5) is 25.3. The number of nitrogens with zero attached hydrogens (tertiary/aromatic N) is 2. The second-order valence-electron chi connectivity index (χ2n) is 6.44. The van der Waals surface area contributed by atoms with Crippen molar-refractivity contribution in [2.75, 3.05) is 11.9 Å². The summed E-state index contributed by atoms with van der Waals surface area (Å²) in [6.45, 7) is 5.79. The first kappa shape index (κ1) is 19.4. The number of nitrogens with one attached hydrogen (secondary N) is 1. The molecule has 1 heterocycles. The molecule has 6 nitrogen and oxygen atoms in total. The number of aromatic nitrogens is 2. The minimum Gasteiger partial charge on any atom is -0.461 e. The summed E-state index contributed by atoms with van der Waals surface area (Å²) in [5, 5.41) is 7.56. The SMILES string of the molecule is CCOC(=O)c1nn(-c2ccccc2C)c(=O)cc1NC(C)c1ccccc1. The maximum Gasteiger partial charge on any atom is 0.360 e. The number of carbonyl (C=O) groups is 1. The highest BCUT2D eigenvalue weighted by atomic mass is 16.5. The molecule has 3 aromatic rings. The molecule has 1 N–H and O–H groups in total. The zero-order valence-electron chi connectivity index (χ0n) is 16.2. The Morgan fingerprint density at radius 3 is 2.50 bits per heavy atom.